The van der Waals surface area contributed by atoms with Crippen LogP contribution in [0.4, 0.5) is 0 Å². The van der Waals surface area contributed by atoms with Gasteiger partial charge in [0.1, 0.15) is 0 Å². The molecule has 4 nitrogen and oxygen atoms in total. The van der Waals surface area contributed by atoms with E-state index in [1.807, 2.05) is 45.0 Å². The largest absolute Gasteiger partial charge is 0.345 e. The van der Waals surface area contributed by atoms with Crippen molar-refractivity contribution in [3.05, 3.63) is 66.5 Å². The fourth-order valence-corrected chi connectivity index (χ4v) is 3.66. The van der Waals surface area contributed by atoms with Gasteiger partial charge in [0.25, 0.3) is 11.5 Å². The summed E-state index contributed by atoms with van der Waals surface area (Å²) in [5.41, 5.74) is 2.83. The summed E-state index contributed by atoms with van der Waals surface area (Å²) in [6, 6.07) is 7.36. The summed E-state index contributed by atoms with van der Waals surface area (Å²) in [4.78, 5) is 25.5. The van der Waals surface area contributed by atoms with Crippen molar-refractivity contribution < 1.29 is 4.79 Å². The molecule has 2 aromatic rings. The first-order chi connectivity index (χ1) is 12.3. The van der Waals surface area contributed by atoms with E-state index in [9.17, 15) is 9.59 Å². The van der Waals surface area contributed by atoms with Crippen LogP contribution in [-0.2, 0) is 6.54 Å². The zero-order chi connectivity index (χ0) is 19.4. The van der Waals surface area contributed by atoms with Crippen LogP contribution in [-0.4, -0.2) is 10.5 Å². The minimum Gasteiger partial charge on any atom is -0.345 e. The number of carbonyl (C=O) groups excluding carboxylic acids is 1. The molecule has 1 N–H and O–H groups in total. The van der Waals surface area contributed by atoms with Crippen molar-refractivity contribution in [1.82, 2.24) is 9.88 Å². The van der Waals surface area contributed by atoms with E-state index in [-0.39, 0.29) is 17.5 Å². The van der Waals surface area contributed by atoms with Crippen LogP contribution in [0.1, 0.15) is 59.9 Å². The molecule has 0 aliphatic heterocycles. The normalized spacial score (nSPS) is 12.1. The molecule has 26 heavy (non-hydrogen) atoms. The quantitative estimate of drug-likeness (QED) is 0.675. The maximum Gasteiger partial charge on any atom is 0.265 e. The topological polar surface area (TPSA) is 51.1 Å². The van der Waals surface area contributed by atoms with E-state index in [0.29, 0.717) is 32.9 Å². The number of rotatable bonds is 6. The molecule has 1 amide bonds. The molecular weight excluding hydrogens is 416 g/mol. The van der Waals surface area contributed by atoms with Crippen molar-refractivity contribution in [3.8, 4) is 0 Å². The summed E-state index contributed by atoms with van der Waals surface area (Å²) < 4.78 is 2.11. The molecule has 6 heteroatoms. The lowest BCUT2D eigenvalue weighted by molar-refractivity contribution is 0.0933. The molecule has 0 bridgehead atoms. The first-order valence-corrected chi connectivity index (χ1v) is 9.94. The molecule has 1 unspecified atom stereocenters. The van der Waals surface area contributed by atoms with Crippen LogP contribution in [0.15, 0.2) is 33.5 Å². The summed E-state index contributed by atoms with van der Waals surface area (Å²) >= 11 is 9.32. The summed E-state index contributed by atoms with van der Waals surface area (Å²) in [5.74, 6) is -0.174. The van der Waals surface area contributed by atoms with Gasteiger partial charge in [0.2, 0.25) is 0 Å². The molecule has 0 spiro atoms. The lowest BCUT2D eigenvalue weighted by Gasteiger charge is -2.21. The van der Waals surface area contributed by atoms with Gasteiger partial charge < -0.3 is 9.88 Å². The Morgan fingerprint density at radius 3 is 2.38 bits per heavy atom. The van der Waals surface area contributed by atoms with Gasteiger partial charge in [0, 0.05) is 17.3 Å². The predicted molar refractivity (Wildman–Crippen MR) is 110 cm³/mol. The van der Waals surface area contributed by atoms with Gasteiger partial charge in [-0.2, -0.15) is 0 Å². The van der Waals surface area contributed by atoms with E-state index in [0.717, 1.165) is 18.4 Å². The monoisotopic (exact) mass is 438 g/mol. The Labute approximate surface area is 167 Å². The molecule has 0 saturated heterocycles. The molecule has 140 valence electrons. The number of aromatic nitrogens is 1. The smallest absolute Gasteiger partial charge is 0.265 e. The minimum atomic E-state index is -0.174. The van der Waals surface area contributed by atoms with Gasteiger partial charge in [-0.15, -0.1) is 0 Å². The predicted octanol–water partition coefficient (Wildman–Crippen LogP) is 5.17. The van der Waals surface area contributed by atoms with Crippen LogP contribution < -0.4 is 10.9 Å². The van der Waals surface area contributed by atoms with Crippen LogP contribution in [0.3, 0.4) is 0 Å². The second kappa shape index (κ2) is 8.87. The molecule has 0 aliphatic carbocycles. The number of amides is 1. The highest BCUT2D eigenvalue weighted by Crippen LogP contribution is 2.23. The van der Waals surface area contributed by atoms with Crippen molar-refractivity contribution in [1.29, 1.82) is 0 Å². The first-order valence-electron chi connectivity index (χ1n) is 8.77. The van der Waals surface area contributed by atoms with Crippen LogP contribution >= 0.6 is 27.5 Å². The standard InChI is InChI=1S/C20H24BrClN2O2/c1-5-11-24-13(4)17(12(3)18(21)20(24)26)19(25)23-16(6-2)14-7-9-15(22)10-8-14/h7-10,16H,5-6,11H2,1-4H3,(H,23,25). The zero-order valence-electron chi connectivity index (χ0n) is 15.5. The van der Waals surface area contributed by atoms with Crippen LogP contribution in [0.5, 0.6) is 0 Å². The van der Waals surface area contributed by atoms with Gasteiger partial charge in [-0.25, -0.2) is 0 Å². The second-order valence-corrected chi connectivity index (χ2v) is 7.57. The average Bonchev–Trinajstić information content (AvgIpc) is 2.62. The molecule has 1 aromatic heterocycles. The first kappa shape index (κ1) is 20.7. The van der Waals surface area contributed by atoms with Gasteiger partial charge in [-0.05, 0) is 65.9 Å². The molecule has 0 fully saturated rings. The lowest BCUT2D eigenvalue weighted by Crippen LogP contribution is -2.33. The van der Waals surface area contributed by atoms with E-state index in [2.05, 4.69) is 21.2 Å². The second-order valence-electron chi connectivity index (χ2n) is 6.34. The summed E-state index contributed by atoms with van der Waals surface area (Å²) in [6.45, 7) is 8.24. The Balaban J connectivity index is 2.42. The van der Waals surface area contributed by atoms with E-state index < -0.39 is 0 Å². The lowest BCUT2D eigenvalue weighted by atomic mass is 10.0. The maximum atomic E-state index is 13.0. The fourth-order valence-electron chi connectivity index (χ4n) is 3.12. The summed E-state index contributed by atoms with van der Waals surface area (Å²) in [5, 5.41) is 3.76. The molecule has 0 radical (unpaired) electrons. The molecule has 1 atom stereocenters. The third-order valence-electron chi connectivity index (χ3n) is 4.56. The Kier molecular flexibility index (Phi) is 7.07. The molecule has 0 saturated carbocycles. The van der Waals surface area contributed by atoms with Crippen molar-refractivity contribution in [3.63, 3.8) is 0 Å². The third kappa shape index (κ3) is 4.21. The number of hydrogen-bond donors (Lipinski definition) is 1. The van der Waals surface area contributed by atoms with Crippen molar-refractivity contribution in [2.75, 3.05) is 0 Å². The Morgan fingerprint density at radius 2 is 1.85 bits per heavy atom. The number of pyridine rings is 1. The van der Waals surface area contributed by atoms with Crippen LogP contribution in [0.25, 0.3) is 0 Å². The van der Waals surface area contributed by atoms with Gasteiger partial charge >= 0.3 is 0 Å². The highest BCUT2D eigenvalue weighted by atomic mass is 79.9. The number of halogens is 2. The van der Waals surface area contributed by atoms with E-state index in [4.69, 9.17) is 11.6 Å². The number of hydrogen-bond acceptors (Lipinski definition) is 2. The number of benzene rings is 1. The van der Waals surface area contributed by atoms with E-state index in [1.54, 1.807) is 11.5 Å². The Bertz CT molecular complexity index is 860. The Morgan fingerprint density at radius 1 is 1.23 bits per heavy atom. The molecule has 2 rings (SSSR count). The fraction of sp³-hybridized carbons (Fsp3) is 0.400. The zero-order valence-corrected chi connectivity index (χ0v) is 17.9. The van der Waals surface area contributed by atoms with Gasteiger partial charge in [-0.3, -0.25) is 9.59 Å². The van der Waals surface area contributed by atoms with Gasteiger partial charge in [0.05, 0.1) is 16.1 Å². The van der Waals surface area contributed by atoms with Crippen LogP contribution in [0, 0.1) is 13.8 Å². The molecule has 1 aromatic carbocycles. The molecule has 0 aliphatic rings. The Hall–Kier alpha value is -1.59. The van der Waals surface area contributed by atoms with Crippen molar-refractivity contribution in [2.45, 2.75) is 53.1 Å². The van der Waals surface area contributed by atoms with E-state index in [1.165, 1.54) is 0 Å². The third-order valence-corrected chi connectivity index (χ3v) is 5.75. The van der Waals surface area contributed by atoms with Crippen LogP contribution in [0.2, 0.25) is 5.02 Å². The highest BCUT2D eigenvalue weighted by Gasteiger charge is 2.22. The number of carbonyl (C=O) groups is 1. The van der Waals surface area contributed by atoms with Crippen molar-refractivity contribution in [2.24, 2.45) is 0 Å². The number of nitrogens with zero attached hydrogens (tertiary/aromatic N) is 1. The highest BCUT2D eigenvalue weighted by molar-refractivity contribution is 9.10. The SMILES string of the molecule is CCCn1c(C)c(C(=O)NC(CC)c2ccc(Cl)cc2)c(C)c(Br)c1=O. The van der Waals surface area contributed by atoms with Gasteiger partial charge in [0.15, 0.2) is 0 Å². The molecular formula is C20H24BrClN2O2. The summed E-state index contributed by atoms with van der Waals surface area (Å²) in [6.07, 6.45) is 1.57. The maximum absolute atomic E-state index is 13.0. The van der Waals surface area contributed by atoms with Crippen molar-refractivity contribution >= 4 is 33.4 Å². The van der Waals surface area contributed by atoms with Gasteiger partial charge in [-0.1, -0.05) is 37.6 Å². The van der Waals surface area contributed by atoms with E-state index >= 15 is 0 Å². The minimum absolute atomic E-state index is 0.0943. The average molecular weight is 440 g/mol. The number of nitrogens with one attached hydrogen (secondary N) is 1. The summed E-state index contributed by atoms with van der Waals surface area (Å²) in [7, 11) is 0. The molecule has 1 heterocycles.